The lowest BCUT2D eigenvalue weighted by molar-refractivity contribution is -0.384. The van der Waals surface area contributed by atoms with Crippen molar-refractivity contribution < 1.29 is 14.8 Å². The summed E-state index contributed by atoms with van der Waals surface area (Å²) in [6.45, 7) is 3.75. The second-order valence-electron chi connectivity index (χ2n) is 3.00. The third kappa shape index (κ3) is 3.52. The number of hydrogen-bond acceptors (Lipinski definition) is 5. The minimum atomic E-state index is -1.25. The summed E-state index contributed by atoms with van der Waals surface area (Å²) < 4.78 is 0.564. The smallest absolute Gasteiger partial charge is 0.354 e. The van der Waals surface area contributed by atoms with Gasteiger partial charge in [-0.1, -0.05) is 22.5 Å². The summed E-state index contributed by atoms with van der Waals surface area (Å²) in [5, 5.41) is 22.0. The fourth-order valence-corrected chi connectivity index (χ4v) is 1.17. The van der Waals surface area contributed by atoms with Gasteiger partial charge in [0.1, 0.15) is 0 Å². The van der Waals surface area contributed by atoms with Crippen LogP contribution in [0.3, 0.4) is 0 Å². The Morgan fingerprint density at radius 1 is 1.65 bits per heavy atom. The van der Waals surface area contributed by atoms with E-state index < -0.39 is 10.9 Å². The number of aromatic carboxylic acids is 1. The van der Waals surface area contributed by atoms with E-state index in [0.717, 1.165) is 12.1 Å². The summed E-state index contributed by atoms with van der Waals surface area (Å²) in [7, 11) is 0. The van der Waals surface area contributed by atoms with Crippen molar-refractivity contribution in [3.8, 4) is 0 Å². The van der Waals surface area contributed by atoms with Crippen LogP contribution in [0.5, 0.6) is 0 Å². The molecule has 0 amide bonds. The molecule has 17 heavy (non-hydrogen) atoms. The molecule has 0 spiro atoms. The molecule has 0 aliphatic rings. The number of nitro groups is 1. The minimum absolute atomic E-state index is 0.101. The third-order valence-electron chi connectivity index (χ3n) is 1.74. The Bertz CT molecular complexity index is 489. The van der Waals surface area contributed by atoms with E-state index in [4.69, 9.17) is 5.11 Å². The number of halogens is 1. The summed E-state index contributed by atoms with van der Waals surface area (Å²) in [6, 6.07) is 2.17. The van der Waals surface area contributed by atoms with Gasteiger partial charge in [0.2, 0.25) is 5.82 Å². The van der Waals surface area contributed by atoms with Crippen LogP contribution in [-0.4, -0.2) is 27.5 Å². The van der Waals surface area contributed by atoms with Crippen LogP contribution in [0, 0.1) is 10.1 Å². The van der Waals surface area contributed by atoms with Crippen LogP contribution in [0.1, 0.15) is 10.5 Å². The van der Waals surface area contributed by atoms with Gasteiger partial charge in [0.15, 0.2) is 5.69 Å². The Balaban J connectivity index is 3.11. The third-order valence-corrected chi connectivity index (χ3v) is 2.02. The monoisotopic (exact) mass is 301 g/mol. The van der Waals surface area contributed by atoms with Crippen molar-refractivity contribution in [1.29, 1.82) is 0 Å². The normalized spacial score (nSPS) is 9.71. The molecule has 1 rings (SSSR count). The highest BCUT2D eigenvalue weighted by molar-refractivity contribution is 9.11. The number of anilines is 1. The van der Waals surface area contributed by atoms with Crippen LogP contribution >= 0.6 is 15.9 Å². The second kappa shape index (κ2) is 5.39. The van der Waals surface area contributed by atoms with Crippen LogP contribution in [0.4, 0.5) is 11.5 Å². The molecule has 0 unspecified atom stereocenters. The fraction of sp³-hybridized carbons (Fsp3) is 0.111. The zero-order chi connectivity index (χ0) is 13.0. The predicted molar refractivity (Wildman–Crippen MR) is 64.4 cm³/mol. The molecule has 0 bridgehead atoms. The molecule has 90 valence electrons. The Morgan fingerprint density at radius 2 is 2.29 bits per heavy atom. The number of nitrogens with one attached hydrogen (secondary N) is 1. The molecule has 1 heterocycles. The molecule has 8 heteroatoms. The first-order valence-corrected chi connectivity index (χ1v) is 5.17. The molecular weight excluding hydrogens is 294 g/mol. The number of carboxylic acids is 1. The Kier molecular flexibility index (Phi) is 4.16. The van der Waals surface area contributed by atoms with Crippen molar-refractivity contribution in [2.24, 2.45) is 0 Å². The van der Waals surface area contributed by atoms with Gasteiger partial charge in [-0.25, -0.2) is 9.78 Å². The van der Waals surface area contributed by atoms with Gasteiger partial charge in [0.05, 0.1) is 4.92 Å². The van der Waals surface area contributed by atoms with E-state index in [1.54, 1.807) is 0 Å². The standard InChI is InChI=1S/C9H8BrN3O4/c1-5(10)4-11-8-7(13(16)17)3-2-6(12-8)9(14)15/h2-3H,1,4H2,(H,11,12)(H,14,15). The molecule has 0 aromatic carbocycles. The summed E-state index contributed by atoms with van der Waals surface area (Å²) in [6.07, 6.45) is 0. The van der Waals surface area contributed by atoms with E-state index in [1.165, 1.54) is 0 Å². The highest BCUT2D eigenvalue weighted by atomic mass is 79.9. The summed E-state index contributed by atoms with van der Waals surface area (Å²) in [5.74, 6) is -1.35. The Hall–Kier alpha value is -1.96. The van der Waals surface area contributed by atoms with E-state index in [2.05, 4.69) is 32.8 Å². The zero-order valence-electron chi connectivity index (χ0n) is 8.51. The first-order valence-electron chi connectivity index (χ1n) is 4.37. The van der Waals surface area contributed by atoms with Gasteiger partial charge < -0.3 is 10.4 Å². The van der Waals surface area contributed by atoms with Crippen molar-refractivity contribution in [2.45, 2.75) is 0 Å². The van der Waals surface area contributed by atoms with Crippen molar-refractivity contribution in [1.82, 2.24) is 4.98 Å². The summed E-state index contributed by atoms with van der Waals surface area (Å²) >= 11 is 3.07. The molecule has 0 saturated carbocycles. The number of carbonyl (C=O) groups is 1. The van der Waals surface area contributed by atoms with Crippen LogP contribution < -0.4 is 5.32 Å². The van der Waals surface area contributed by atoms with Gasteiger partial charge in [-0.2, -0.15) is 0 Å². The maximum absolute atomic E-state index is 10.7. The van der Waals surface area contributed by atoms with Crippen molar-refractivity contribution in [3.63, 3.8) is 0 Å². The maximum Gasteiger partial charge on any atom is 0.354 e. The number of nitrogens with zero attached hydrogens (tertiary/aromatic N) is 2. The lowest BCUT2D eigenvalue weighted by Crippen LogP contribution is -2.09. The Labute approximate surface area is 104 Å². The average Bonchev–Trinajstić information content (AvgIpc) is 2.25. The van der Waals surface area contributed by atoms with Crippen LogP contribution in [-0.2, 0) is 0 Å². The van der Waals surface area contributed by atoms with Gasteiger partial charge in [-0.3, -0.25) is 10.1 Å². The quantitative estimate of drug-likeness (QED) is 0.636. The highest BCUT2D eigenvalue weighted by Crippen LogP contribution is 2.22. The van der Waals surface area contributed by atoms with Crippen LogP contribution in [0.25, 0.3) is 0 Å². The molecule has 0 saturated heterocycles. The topological polar surface area (TPSA) is 105 Å². The van der Waals surface area contributed by atoms with E-state index in [1.807, 2.05) is 0 Å². The van der Waals surface area contributed by atoms with Crippen molar-refractivity contribution >= 4 is 33.4 Å². The molecule has 0 atom stereocenters. The molecule has 0 radical (unpaired) electrons. The van der Waals surface area contributed by atoms with E-state index in [9.17, 15) is 14.9 Å². The van der Waals surface area contributed by atoms with Gasteiger partial charge in [0, 0.05) is 17.1 Å². The van der Waals surface area contributed by atoms with Crippen molar-refractivity contribution in [3.05, 3.63) is 39.0 Å². The van der Waals surface area contributed by atoms with Crippen molar-refractivity contribution in [2.75, 3.05) is 11.9 Å². The largest absolute Gasteiger partial charge is 0.477 e. The summed E-state index contributed by atoms with van der Waals surface area (Å²) in [5.41, 5.74) is -0.554. The fourth-order valence-electron chi connectivity index (χ4n) is 1.03. The average molecular weight is 302 g/mol. The maximum atomic E-state index is 10.7. The van der Waals surface area contributed by atoms with E-state index in [-0.39, 0.29) is 23.7 Å². The number of rotatable bonds is 5. The molecule has 0 fully saturated rings. The number of pyridine rings is 1. The lowest BCUT2D eigenvalue weighted by atomic mass is 10.3. The van der Waals surface area contributed by atoms with E-state index >= 15 is 0 Å². The minimum Gasteiger partial charge on any atom is -0.477 e. The molecule has 2 N–H and O–H groups in total. The van der Waals surface area contributed by atoms with Crippen LogP contribution in [0.15, 0.2) is 23.2 Å². The number of carboxylic acid groups (broad SMARTS) is 1. The molecular formula is C9H8BrN3O4. The number of aromatic nitrogens is 1. The first-order chi connectivity index (χ1) is 7.91. The summed E-state index contributed by atoms with van der Waals surface area (Å²) in [4.78, 5) is 24.4. The van der Waals surface area contributed by atoms with Gasteiger partial charge in [-0.05, 0) is 6.07 Å². The SMILES string of the molecule is C=C(Br)CNc1nc(C(=O)O)ccc1[N+](=O)[O-]. The van der Waals surface area contributed by atoms with Crippen LogP contribution in [0.2, 0.25) is 0 Å². The number of hydrogen-bond donors (Lipinski definition) is 2. The molecule has 1 aromatic rings. The second-order valence-corrected chi connectivity index (χ2v) is 4.12. The first kappa shape index (κ1) is 13.1. The Morgan fingerprint density at radius 3 is 2.76 bits per heavy atom. The lowest BCUT2D eigenvalue weighted by Gasteiger charge is -2.05. The molecule has 0 aliphatic carbocycles. The zero-order valence-corrected chi connectivity index (χ0v) is 10.1. The van der Waals surface area contributed by atoms with E-state index in [0.29, 0.717) is 4.48 Å². The highest BCUT2D eigenvalue weighted by Gasteiger charge is 2.17. The van der Waals surface area contributed by atoms with Gasteiger partial charge >= 0.3 is 11.7 Å². The van der Waals surface area contributed by atoms with Gasteiger partial charge in [0.25, 0.3) is 0 Å². The van der Waals surface area contributed by atoms with Gasteiger partial charge in [-0.15, -0.1) is 0 Å². The predicted octanol–water partition coefficient (Wildman–Crippen LogP) is 2.01. The molecule has 1 aromatic heterocycles. The molecule has 0 aliphatic heterocycles. The molecule has 7 nitrogen and oxygen atoms in total.